The molecule has 0 spiro atoms. The molecule has 0 bridgehead atoms. The molecule has 0 saturated heterocycles. The monoisotopic (exact) mass is 353 g/mol. The van der Waals surface area contributed by atoms with Crippen LogP contribution in [0.25, 0.3) is 5.76 Å². The van der Waals surface area contributed by atoms with Crippen LogP contribution in [0, 0.1) is 0 Å². The number of aliphatic hydroxyl groups excluding tert-OH is 1. The van der Waals surface area contributed by atoms with Crippen molar-refractivity contribution in [2.45, 2.75) is 0 Å². The Bertz CT molecular complexity index is 697. The first-order valence-electron chi connectivity index (χ1n) is 7.14. The standard InChI is InChI=1S/C20H16OSe/c21-20(17-10-4-1-5-11-17)16-22(18-12-6-2-7-13-18)19-14-8-3-9-15-19/h1-16H/p+1/b20-16-. The molecule has 3 aromatic carbocycles. The molecule has 3 rings (SSSR count). The van der Waals surface area contributed by atoms with Crippen molar-refractivity contribution in [3.05, 3.63) is 102 Å². The van der Waals surface area contributed by atoms with E-state index in [2.05, 4.69) is 48.5 Å². The molecular weight excluding hydrogens is 335 g/mol. The zero-order chi connectivity index (χ0) is 15.2. The van der Waals surface area contributed by atoms with Crippen molar-refractivity contribution >= 4 is 28.6 Å². The SMILES string of the molecule is O/C(=C\[Se+](c1ccccc1)c1ccccc1)c1ccccc1. The van der Waals surface area contributed by atoms with Gasteiger partial charge in [-0.25, -0.2) is 0 Å². The van der Waals surface area contributed by atoms with Crippen LogP contribution in [0.1, 0.15) is 5.56 Å². The summed E-state index contributed by atoms with van der Waals surface area (Å²) in [5.74, 6) is 0.360. The van der Waals surface area contributed by atoms with Crippen molar-refractivity contribution < 1.29 is 5.11 Å². The summed E-state index contributed by atoms with van der Waals surface area (Å²) >= 11 is -1.43. The Morgan fingerprint density at radius 3 is 1.50 bits per heavy atom. The first-order chi connectivity index (χ1) is 10.8. The van der Waals surface area contributed by atoms with E-state index in [4.69, 9.17) is 0 Å². The fourth-order valence-corrected chi connectivity index (χ4v) is 5.98. The molecule has 0 aromatic heterocycles. The van der Waals surface area contributed by atoms with Gasteiger partial charge in [-0.3, -0.25) is 0 Å². The molecule has 22 heavy (non-hydrogen) atoms. The Balaban J connectivity index is 2.03. The topological polar surface area (TPSA) is 20.2 Å². The van der Waals surface area contributed by atoms with Gasteiger partial charge in [0.2, 0.25) is 0 Å². The van der Waals surface area contributed by atoms with Crippen molar-refractivity contribution in [3.8, 4) is 0 Å². The quantitative estimate of drug-likeness (QED) is 0.563. The maximum absolute atomic E-state index is 10.5. The third-order valence-corrected chi connectivity index (χ3v) is 7.53. The zero-order valence-corrected chi connectivity index (χ0v) is 13.8. The molecule has 0 heterocycles. The van der Waals surface area contributed by atoms with Gasteiger partial charge < -0.3 is 0 Å². The van der Waals surface area contributed by atoms with Gasteiger partial charge in [-0.15, -0.1) is 0 Å². The summed E-state index contributed by atoms with van der Waals surface area (Å²) in [6.45, 7) is 0. The predicted octanol–water partition coefficient (Wildman–Crippen LogP) is 3.43. The summed E-state index contributed by atoms with van der Waals surface area (Å²) in [6.07, 6.45) is 0. The van der Waals surface area contributed by atoms with Gasteiger partial charge in [0.05, 0.1) is 0 Å². The molecule has 0 amide bonds. The molecule has 0 unspecified atom stereocenters. The molecule has 0 fully saturated rings. The Labute approximate surface area is 135 Å². The maximum atomic E-state index is 10.5. The normalized spacial score (nSPS) is 11.6. The van der Waals surface area contributed by atoms with Crippen LogP contribution in [0.4, 0.5) is 0 Å². The van der Waals surface area contributed by atoms with E-state index in [0.29, 0.717) is 5.76 Å². The zero-order valence-electron chi connectivity index (χ0n) is 12.1. The fourth-order valence-electron chi connectivity index (χ4n) is 2.19. The number of aliphatic hydroxyl groups is 1. The van der Waals surface area contributed by atoms with E-state index in [1.54, 1.807) is 0 Å². The molecule has 1 N–H and O–H groups in total. The van der Waals surface area contributed by atoms with Crippen LogP contribution >= 0.6 is 0 Å². The van der Waals surface area contributed by atoms with E-state index in [0.717, 1.165) is 5.56 Å². The Morgan fingerprint density at radius 1 is 0.636 bits per heavy atom. The van der Waals surface area contributed by atoms with E-state index < -0.39 is 13.9 Å². The van der Waals surface area contributed by atoms with Crippen molar-refractivity contribution in [1.82, 2.24) is 0 Å². The van der Waals surface area contributed by atoms with Crippen molar-refractivity contribution in [2.75, 3.05) is 0 Å². The average Bonchev–Trinajstić information content (AvgIpc) is 2.62. The molecule has 108 valence electrons. The van der Waals surface area contributed by atoms with Crippen LogP contribution in [0.3, 0.4) is 0 Å². The first-order valence-corrected chi connectivity index (χ1v) is 9.84. The molecule has 0 aliphatic carbocycles. The van der Waals surface area contributed by atoms with Crippen LogP contribution < -0.4 is 8.92 Å². The second-order valence-electron chi connectivity index (χ2n) is 4.83. The minimum absolute atomic E-state index is 0.360. The molecule has 0 aliphatic heterocycles. The van der Waals surface area contributed by atoms with Gasteiger partial charge in [-0.2, -0.15) is 0 Å². The summed E-state index contributed by atoms with van der Waals surface area (Å²) in [6, 6.07) is 30.6. The Hall–Kier alpha value is -2.28. The first kappa shape index (κ1) is 14.6. The fraction of sp³-hybridized carbons (Fsp3) is 0. The summed E-state index contributed by atoms with van der Waals surface area (Å²) in [7, 11) is 0. The summed E-state index contributed by atoms with van der Waals surface area (Å²) < 4.78 is 2.58. The second-order valence-corrected chi connectivity index (χ2v) is 8.72. The van der Waals surface area contributed by atoms with E-state index in [9.17, 15) is 5.11 Å². The summed E-state index contributed by atoms with van der Waals surface area (Å²) in [5.41, 5.74) is 0.864. The van der Waals surface area contributed by atoms with E-state index in [1.807, 2.05) is 47.4 Å². The van der Waals surface area contributed by atoms with Crippen molar-refractivity contribution in [2.24, 2.45) is 0 Å². The number of benzene rings is 3. The number of hydrogen-bond acceptors (Lipinski definition) is 1. The van der Waals surface area contributed by atoms with Gasteiger partial charge in [-0.1, -0.05) is 0 Å². The number of hydrogen-bond donors (Lipinski definition) is 1. The van der Waals surface area contributed by atoms with Gasteiger partial charge in [0.25, 0.3) is 0 Å². The molecule has 0 aliphatic rings. The van der Waals surface area contributed by atoms with Crippen LogP contribution in [0.2, 0.25) is 0 Å². The van der Waals surface area contributed by atoms with Crippen LogP contribution in [-0.4, -0.2) is 19.0 Å². The third-order valence-electron chi connectivity index (χ3n) is 3.29. The third kappa shape index (κ3) is 3.48. The average molecular weight is 352 g/mol. The van der Waals surface area contributed by atoms with Gasteiger partial charge in [0.15, 0.2) is 0 Å². The van der Waals surface area contributed by atoms with E-state index in [-0.39, 0.29) is 0 Å². The second kappa shape index (κ2) is 7.13. The molecule has 0 atom stereocenters. The molecule has 0 saturated carbocycles. The van der Waals surface area contributed by atoms with Crippen molar-refractivity contribution in [3.63, 3.8) is 0 Å². The molecule has 0 radical (unpaired) electrons. The van der Waals surface area contributed by atoms with Gasteiger partial charge >= 0.3 is 135 Å². The Morgan fingerprint density at radius 2 is 1.05 bits per heavy atom. The van der Waals surface area contributed by atoms with Crippen LogP contribution in [0.5, 0.6) is 0 Å². The van der Waals surface area contributed by atoms with Gasteiger partial charge in [-0.05, 0) is 0 Å². The van der Waals surface area contributed by atoms with Crippen molar-refractivity contribution in [1.29, 1.82) is 0 Å². The van der Waals surface area contributed by atoms with Crippen LogP contribution in [0.15, 0.2) is 96.0 Å². The van der Waals surface area contributed by atoms with Crippen LogP contribution in [-0.2, 0) is 0 Å². The predicted molar refractivity (Wildman–Crippen MR) is 95.0 cm³/mol. The minimum atomic E-state index is -1.43. The molecule has 2 heteroatoms. The molecule has 3 aromatic rings. The van der Waals surface area contributed by atoms with Gasteiger partial charge in [0.1, 0.15) is 0 Å². The van der Waals surface area contributed by atoms with E-state index in [1.165, 1.54) is 8.92 Å². The summed E-state index contributed by atoms with van der Waals surface area (Å²) in [5, 5.41) is 10.5. The Kier molecular flexibility index (Phi) is 4.74. The molecule has 1 nitrogen and oxygen atoms in total. The van der Waals surface area contributed by atoms with Gasteiger partial charge in [0, 0.05) is 0 Å². The number of rotatable bonds is 4. The molecular formula is C20H17OSe+. The van der Waals surface area contributed by atoms with E-state index >= 15 is 0 Å². The summed E-state index contributed by atoms with van der Waals surface area (Å²) in [4.78, 5) is 2.04.